The fourth-order valence-electron chi connectivity index (χ4n) is 1.82. The SMILES string of the molecule is C[N+](C)(C)CCCNCCNc1cc(N)ccc1N. The van der Waals surface area contributed by atoms with Crippen molar-refractivity contribution in [1.29, 1.82) is 0 Å². The summed E-state index contributed by atoms with van der Waals surface area (Å²) in [6, 6.07) is 5.50. The fraction of sp³-hybridized carbons (Fsp3) is 0.571. The van der Waals surface area contributed by atoms with Crippen LogP contribution in [-0.2, 0) is 0 Å². The summed E-state index contributed by atoms with van der Waals surface area (Å²) in [6.07, 6.45) is 1.18. The van der Waals surface area contributed by atoms with E-state index < -0.39 is 0 Å². The predicted octanol–water partition coefficient (Wildman–Crippen LogP) is 0.949. The summed E-state index contributed by atoms with van der Waals surface area (Å²) in [5, 5.41) is 6.71. The molecule has 0 saturated carbocycles. The Morgan fingerprint density at radius 2 is 1.79 bits per heavy atom. The lowest BCUT2D eigenvalue weighted by atomic mass is 10.2. The minimum Gasteiger partial charge on any atom is -0.399 e. The first-order chi connectivity index (χ1) is 8.88. The van der Waals surface area contributed by atoms with Crippen LogP contribution in [0.2, 0.25) is 0 Å². The average Bonchev–Trinajstić information content (AvgIpc) is 2.31. The van der Waals surface area contributed by atoms with Gasteiger partial charge in [-0.1, -0.05) is 0 Å². The van der Waals surface area contributed by atoms with Crippen LogP contribution in [0.5, 0.6) is 0 Å². The van der Waals surface area contributed by atoms with Gasteiger partial charge in [0.1, 0.15) is 0 Å². The van der Waals surface area contributed by atoms with E-state index in [9.17, 15) is 0 Å². The maximum Gasteiger partial charge on any atom is 0.0792 e. The van der Waals surface area contributed by atoms with Gasteiger partial charge in [0.15, 0.2) is 0 Å². The summed E-state index contributed by atoms with van der Waals surface area (Å²) in [6.45, 7) is 4.00. The number of nitrogens with two attached hydrogens (primary N) is 2. The molecule has 0 spiro atoms. The molecule has 0 saturated heterocycles. The van der Waals surface area contributed by atoms with Gasteiger partial charge in [-0.3, -0.25) is 0 Å². The summed E-state index contributed by atoms with van der Waals surface area (Å²) in [7, 11) is 6.64. The van der Waals surface area contributed by atoms with Gasteiger partial charge in [-0.25, -0.2) is 0 Å². The van der Waals surface area contributed by atoms with E-state index in [0.717, 1.165) is 41.2 Å². The summed E-state index contributed by atoms with van der Waals surface area (Å²) in [5.41, 5.74) is 14.0. The third-order valence-corrected chi connectivity index (χ3v) is 2.88. The molecule has 5 heteroatoms. The average molecular weight is 266 g/mol. The highest BCUT2D eigenvalue weighted by atomic mass is 15.3. The number of benzene rings is 1. The highest BCUT2D eigenvalue weighted by Gasteiger charge is 2.04. The van der Waals surface area contributed by atoms with Crippen LogP contribution in [0.3, 0.4) is 0 Å². The minimum atomic E-state index is 0.729. The third kappa shape index (κ3) is 6.88. The summed E-state index contributed by atoms with van der Waals surface area (Å²) < 4.78 is 1.01. The lowest BCUT2D eigenvalue weighted by Crippen LogP contribution is -2.37. The van der Waals surface area contributed by atoms with E-state index in [2.05, 4.69) is 31.8 Å². The van der Waals surface area contributed by atoms with Crippen molar-refractivity contribution < 1.29 is 4.48 Å². The smallest absolute Gasteiger partial charge is 0.0792 e. The molecule has 0 aromatic heterocycles. The van der Waals surface area contributed by atoms with Crippen molar-refractivity contribution in [3.63, 3.8) is 0 Å². The molecular weight excluding hydrogens is 238 g/mol. The van der Waals surface area contributed by atoms with Crippen molar-refractivity contribution in [2.75, 3.05) is 64.1 Å². The predicted molar refractivity (Wildman–Crippen MR) is 84.1 cm³/mol. The number of hydrogen-bond acceptors (Lipinski definition) is 4. The molecule has 1 aromatic carbocycles. The minimum absolute atomic E-state index is 0.729. The van der Waals surface area contributed by atoms with Crippen molar-refractivity contribution in [3.8, 4) is 0 Å². The molecule has 0 aliphatic heterocycles. The molecule has 0 aliphatic carbocycles. The number of hydrogen-bond donors (Lipinski definition) is 4. The van der Waals surface area contributed by atoms with E-state index in [1.165, 1.54) is 13.0 Å². The molecule has 1 rings (SSSR count). The molecular formula is C14H28N5+. The van der Waals surface area contributed by atoms with Gasteiger partial charge in [0.05, 0.1) is 39.1 Å². The largest absolute Gasteiger partial charge is 0.399 e. The Hall–Kier alpha value is -1.46. The van der Waals surface area contributed by atoms with Gasteiger partial charge in [0, 0.05) is 31.7 Å². The molecule has 0 fully saturated rings. The molecule has 5 nitrogen and oxygen atoms in total. The first kappa shape index (κ1) is 15.6. The summed E-state index contributed by atoms with van der Waals surface area (Å²) >= 11 is 0. The Labute approximate surface area is 116 Å². The molecule has 0 heterocycles. The van der Waals surface area contributed by atoms with Crippen LogP contribution in [0.25, 0.3) is 0 Å². The van der Waals surface area contributed by atoms with Gasteiger partial charge >= 0.3 is 0 Å². The zero-order valence-electron chi connectivity index (χ0n) is 12.4. The summed E-state index contributed by atoms with van der Waals surface area (Å²) in [4.78, 5) is 0. The molecule has 0 radical (unpaired) electrons. The first-order valence-electron chi connectivity index (χ1n) is 6.78. The Morgan fingerprint density at radius 1 is 1.05 bits per heavy atom. The lowest BCUT2D eigenvalue weighted by molar-refractivity contribution is -0.870. The molecule has 0 bridgehead atoms. The summed E-state index contributed by atoms with van der Waals surface area (Å²) in [5.74, 6) is 0. The number of rotatable bonds is 8. The van der Waals surface area contributed by atoms with Gasteiger partial charge in [0.2, 0.25) is 0 Å². The van der Waals surface area contributed by atoms with Gasteiger partial charge < -0.3 is 26.6 Å². The van der Waals surface area contributed by atoms with Gasteiger partial charge in [-0.15, -0.1) is 0 Å². The van der Waals surface area contributed by atoms with Gasteiger partial charge in [-0.05, 0) is 18.2 Å². The fourth-order valence-corrected chi connectivity index (χ4v) is 1.82. The van der Waals surface area contributed by atoms with Crippen molar-refractivity contribution in [2.45, 2.75) is 6.42 Å². The molecule has 0 atom stereocenters. The number of quaternary nitrogens is 1. The Bertz CT molecular complexity index is 384. The number of anilines is 3. The Kier molecular flexibility index (Phi) is 5.92. The molecule has 6 N–H and O–H groups in total. The Balaban J connectivity index is 2.12. The van der Waals surface area contributed by atoms with E-state index >= 15 is 0 Å². The van der Waals surface area contributed by atoms with Crippen LogP contribution >= 0.6 is 0 Å². The van der Waals surface area contributed by atoms with Crippen molar-refractivity contribution in [3.05, 3.63) is 18.2 Å². The normalized spacial score (nSPS) is 11.5. The quantitative estimate of drug-likeness (QED) is 0.321. The number of nitrogen functional groups attached to an aromatic ring is 2. The van der Waals surface area contributed by atoms with Crippen molar-refractivity contribution in [1.82, 2.24) is 5.32 Å². The standard InChI is InChI=1S/C14H28N5/c1-19(2,3)10-4-7-17-8-9-18-14-11-12(15)5-6-13(14)16/h5-6,11,17-18H,4,7-10,15-16H2,1-3H3/q+1. The third-order valence-electron chi connectivity index (χ3n) is 2.88. The molecule has 19 heavy (non-hydrogen) atoms. The van der Waals surface area contributed by atoms with E-state index in [1.807, 2.05) is 18.2 Å². The van der Waals surface area contributed by atoms with Crippen LogP contribution in [0.15, 0.2) is 18.2 Å². The van der Waals surface area contributed by atoms with E-state index in [1.54, 1.807) is 0 Å². The number of nitrogens with zero attached hydrogens (tertiary/aromatic N) is 1. The second-order valence-electron chi connectivity index (χ2n) is 5.89. The van der Waals surface area contributed by atoms with Crippen LogP contribution in [0.4, 0.5) is 17.1 Å². The second kappa shape index (κ2) is 7.21. The molecule has 108 valence electrons. The maximum absolute atomic E-state index is 5.86. The molecule has 1 aromatic rings. The maximum atomic E-state index is 5.86. The second-order valence-corrected chi connectivity index (χ2v) is 5.89. The van der Waals surface area contributed by atoms with Crippen LogP contribution in [-0.4, -0.2) is 51.8 Å². The first-order valence-corrected chi connectivity index (χ1v) is 6.78. The Morgan fingerprint density at radius 3 is 2.47 bits per heavy atom. The highest BCUT2D eigenvalue weighted by Crippen LogP contribution is 2.20. The monoisotopic (exact) mass is 266 g/mol. The van der Waals surface area contributed by atoms with Crippen LogP contribution in [0.1, 0.15) is 6.42 Å². The van der Waals surface area contributed by atoms with E-state index in [0.29, 0.717) is 0 Å². The zero-order chi connectivity index (χ0) is 14.3. The van der Waals surface area contributed by atoms with E-state index in [-0.39, 0.29) is 0 Å². The topological polar surface area (TPSA) is 76.1 Å². The van der Waals surface area contributed by atoms with Crippen molar-refractivity contribution >= 4 is 17.1 Å². The van der Waals surface area contributed by atoms with Gasteiger partial charge in [-0.2, -0.15) is 0 Å². The lowest BCUT2D eigenvalue weighted by Gasteiger charge is -2.23. The highest BCUT2D eigenvalue weighted by molar-refractivity contribution is 5.70. The molecule has 0 unspecified atom stereocenters. The molecule has 0 amide bonds. The van der Waals surface area contributed by atoms with Crippen LogP contribution < -0.4 is 22.1 Å². The molecule has 0 aliphatic rings. The van der Waals surface area contributed by atoms with Gasteiger partial charge in [0.25, 0.3) is 0 Å². The zero-order valence-corrected chi connectivity index (χ0v) is 12.4. The van der Waals surface area contributed by atoms with E-state index in [4.69, 9.17) is 11.5 Å². The number of nitrogens with one attached hydrogen (secondary N) is 2. The van der Waals surface area contributed by atoms with Crippen molar-refractivity contribution in [2.24, 2.45) is 0 Å². The van der Waals surface area contributed by atoms with Crippen LogP contribution in [0, 0.1) is 0 Å².